The second-order valence-electron chi connectivity index (χ2n) is 2.91. The summed E-state index contributed by atoms with van der Waals surface area (Å²) in [6.07, 6.45) is 12.5. The van der Waals surface area contributed by atoms with Gasteiger partial charge >= 0.3 is 0 Å². The average molecular weight is 202 g/mol. The zero-order chi connectivity index (χ0) is 11.7. The molecule has 0 aliphatic heterocycles. The Kier molecular flexibility index (Phi) is 6.90. The van der Waals surface area contributed by atoms with Gasteiger partial charge in [-0.15, -0.1) is 0 Å². The number of hydrogen-bond donors (Lipinski definition) is 0. The van der Waals surface area contributed by atoms with E-state index in [2.05, 4.69) is 6.58 Å². The lowest BCUT2D eigenvalue weighted by Crippen LogP contribution is -2.02. The summed E-state index contributed by atoms with van der Waals surface area (Å²) in [6, 6.07) is 0. The molecule has 1 heteroatoms. The second kappa shape index (κ2) is 7.74. The Hall–Kier alpha value is -1.63. The molecule has 0 spiro atoms. The third-order valence-electron chi connectivity index (χ3n) is 1.90. The summed E-state index contributed by atoms with van der Waals surface area (Å²) < 4.78 is 0. The van der Waals surface area contributed by atoms with Crippen LogP contribution in [0.3, 0.4) is 0 Å². The Balaban J connectivity index is 4.96. The highest BCUT2D eigenvalue weighted by molar-refractivity contribution is 6.11. The van der Waals surface area contributed by atoms with Crippen LogP contribution < -0.4 is 0 Å². The molecule has 0 aromatic heterocycles. The minimum atomic E-state index is 0.0381. The highest BCUT2D eigenvalue weighted by Gasteiger charge is 2.07. The van der Waals surface area contributed by atoms with Crippen LogP contribution in [0, 0.1) is 0 Å². The smallest absolute Gasteiger partial charge is 0.192 e. The summed E-state index contributed by atoms with van der Waals surface area (Å²) in [6.45, 7) is 9.18. The predicted octanol–water partition coefficient (Wildman–Crippen LogP) is 3.77. The van der Waals surface area contributed by atoms with Gasteiger partial charge in [0.15, 0.2) is 5.78 Å². The summed E-state index contributed by atoms with van der Waals surface area (Å²) >= 11 is 0. The maximum atomic E-state index is 11.9. The van der Waals surface area contributed by atoms with E-state index in [0.29, 0.717) is 11.1 Å². The zero-order valence-electron chi connectivity index (χ0n) is 9.66. The molecule has 0 rings (SSSR count). The Bertz CT molecular complexity index is 338. The molecular weight excluding hydrogens is 184 g/mol. The van der Waals surface area contributed by atoms with Crippen LogP contribution in [0.2, 0.25) is 0 Å². The molecule has 0 aliphatic carbocycles. The number of rotatable bonds is 5. The van der Waals surface area contributed by atoms with Crippen molar-refractivity contribution < 1.29 is 4.79 Å². The molecule has 1 nitrogen and oxygen atoms in total. The Morgan fingerprint density at radius 3 is 1.93 bits per heavy atom. The van der Waals surface area contributed by atoms with E-state index < -0.39 is 0 Å². The largest absolute Gasteiger partial charge is 0.289 e. The van der Waals surface area contributed by atoms with Gasteiger partial charge in [-0.3, -0.25) is 4.79 Å². The molecule has 0 saturated carbocycles. The maximum absolute atomic E-state index is 11.9. The zero-order valence-corrected chi connectivity index (χ0v) is 9.66. The van der Waals surface area contributed by atoms with Gasteiger partial charge in [-0.25, -0.2) is 0 Å². The van der Waals surface area contributed by atoms with Crippen LogP contribution in [0.15, 0.2) is 60.3 Å². The van der Waals surface area contributed by atoms with Gasteiger partial charge in [-0.2, -0.15) is 0 Å². The van der Waals surface area contributed by atoms with Gasteiger partial charge in [0, 0.05) is 11.1 Å². The summed E-state index contributed by atoms with van der Waals surface area (Å²) in [5.41, 5.74) is 1.39. The molecule has 0 atom stereocenters. The molecular formula is C14H18O. The molecule has 15 heavy (non-hydrogen) atoms. The van der Waals surface area contributed by atoms with Crippen molar-refractivity contribution in [2.75, 3.05) is 0 Å². The van der Waals surface area contributed by atoms with E-state index in [1.165, 1.54) is 0 Å². The fourth-order valence-corrected chi connectivity index (χ4v) is 1.12. The third-order valence-corrected chi connectivity index (χ3v) is 1.90. The lowest BCUT2D eigenvalue weighted by Gasteiger charge is -2.01. The number of carbonyl (C=O) groups excluding carboxylic acids is 1. The van der Waals surface area contributed by atoms with Crippen molar-refractivity contribution in [1.82, 2.24) is 0 Å². The summed E-state index contributed by atoms with van der Waals surface area (Å²) in [4.78, 5) is 11.9. The van der Waals surface area contributed by atoms with Gasteiger partial charge in [0.2, 0.25) is 0 Å². The van der Waals surface area contributed by atoms with E-state index in [1.54, 1.807) is 24.3 Å². The quantitative estimate of drug-likeness (QED) is 0.490. The minimum Gasteiger partial charge on any atom is -0.289 e. The average Bonchev–Trinajstić information content (AvgIpc) is 2.26. The first-order valence-electron chi connectivity index (χ1n) is 5.00. The molecule has 0 aromatic rings. The van der Waals surface area contributed by atoms with E-state index in [9.17, 15) is 4.79 Å². The number of Topliss-reactive ketones (excluding diaryl/α,β-unsaturated/α-hetero) is 1. The fraction of sp³-hybridized carbons (Fsp3) is 0.214. The molecule has 0 aliphatic rings. The van der Waals surface area contributed by atoms with E-state index in [4.69, 9.17) is 0 Å². The predicted molar refractivity (Wildman–Crippen MR) is 66.7 cm³/mol. The molecule has 0 aromatic carbocycles. The van der Waals surface area contributed by atoms with Crippen LogP contribution in [0.5, 0.6) is 0 Å². The van der Waals surface area contributed by atoms with Crippen molar-refractivity contribution >= 4 is 5.78 Å². The Morgan fingerprint density at radius 1 is 1.00 bits per heavy atom. The van der Waals surface area contributed by atoms with Crippen LogP contribution in [0.1, 0.15) is 20.8 Å². The van der Waals surface area contributed by atoms with Crippen LogP contribution in [0.4, 0.5) is 0 Å². The standard InChI is InChI=1S/C14H18O/c1-5-9-11-13(8-4)14(15)12(7-3)10-6-2/h5-11H,1H2,2-4H3/b10-6-,11-9-,12-7+,13-8+. The van der Waals surface area contributed by atoms with Crippen molar-refractivity contribution in [3.8, 4) is 0 Å². The highest BCUT2D eigenvalue weighted by Crippen LogP contribution is 2.09. The topological polar surface area (TPSA) is 17.1 Å². The number of allylic oxidation sites excluding steroid dienone is 9. The molecule has 80 valence electrons. The fourth-order valence-electron chi connectivity index (χ4n) is 1.12. The SMILES string of the molecule is C=C/C=C\C(=C/C)C(=O)C(/C=C\C)=C/C. The lowest BCUT2D eigenvalue weighted by atomic mass is 10.0. The first-order chi connectivity index (χ1) is 7.21. The van der Waals surface area contributed by atoms with Gasteiger partial charge in [-0.1, -0.05) is 49.1 Å². The molecule has 0 N–H and O–H groups in total. The van der Waals surface area contributed by atoms with Crippen LogP contribution in [0.25, 0.3) is 0 Å². The number of ketones is 1. The summed E-state index contributed by atoms with van der Waals surface area (Å²) in [5.74, 6) is 0.0381. The Morgan fingerprint density at radius 2 is 1.53 bits per heavy atom. The first-order valence-corrected chi connectivity index (χ1v) is 5.00. The molecule has 0 unspecified atom stereocenters. The van der Waals surface area contributed by atoms with E-state index in [1.807, 2.05) is 39.0 Å². The monoisotopic (exact) mass is 202 g/mol. The van der Waals surface area contributed by atoms with Gasteiger partial charge < -0.3 is 0 Å². The van der Waals surface area contributed by atoms with Gasteiger partial charge in [0.1, 0.15) is 0 Å². The maximum Gasteiger partial charge on any atom is 0.192 e. The molecule has 0 saturated heterocycles. The first kappa shape index (κ1) is 13.4. The van der Waals surface area contributed by atoms with Crippen LogP contribution in [-0.2, 0) is 4.79 Å². The van der Waals surface area contributed by atoms with Crippen molar-refractivity contribution in [3.63, 3.8) is 0 Å². The summed E-state index contributed by atoms with van der Waals surface area (Å²) in [5, 5.41) is 0. The van der Waals surface area contributed by atoms with E-state index >= 15 is 0 Å². The second-order valence-corrected chi connectivity index (χ2v) is 2.91. The molecule has 0 fully saturated rings. The van der Waals surface area contributed by atoms with Crippen molar-refractivity contribution in [2.45, 2.75) is 20.8 Å². The van der Waals surface area contributed by atoms with E-state index in [0.717, 1.165) is 0 Å². The van der Waals surface area contributed by atoms with Gasteiger partial charge in [-0.05, 0) is 20.8 Å². The van der Waals surface area contributed by atoms with Crippen molar-refractivity contribution in [1.29, 1.82) is 0 Å². The molecule has 0 amide bonds. The number of hydrogen-bond acceptors (Lipinski definition) is 1. The lowest BCUT2D eigenvalue weighted by molar-refractivity contribution is -0.111. The van der Waals surface area contributed by atoms with Gasteiger partial charge in [0.05, 0.1) is 0 Å². The molecule has 0 radical (unpaired) electrons. The van der Waals surface area contributed by atoms with Crippen molar-refractivity contribution in [2.24, 2.45) is 0 Å². The normalized spacial score (nSPS) is 13.8. The Labute approximate surface area is 92.2 Å². The minimum absolute atomic E-state index is 0.0381. The summed E-state index contributed by atoms with van der Waals surface area (Å²) in [7, 11) is 0. The molecule has 0 heterocycles. The van der Waals surface area contributed by atoms with Crippen molar-refractivity contribution in [3.05, 3.63) is 60.3 Å². The highest BCUT2D eigenvalue weighted by atomic mass is 16.1. The number of carbonyl (C=O) groups is 1. The third kappa shape index (κ3) is 4.41. The molecule has 0 bridgehead atoms. The van der Waals surface area contributed by atoms with Gasteiger partial charge in [0.25, 0.3) is 0 Å². The van der Waals surface area contributed by atoms with E-state index in [-0.39, 0.29) is 5.78 Å². The van der Waals surface area contributed by atoms with Crippen LogP contribution >= 0.6 is 0 Å². The van der Waals surface area contributed by atoms with Crippen LogP contribution in [-0.4, -0.2) is 5.78 Å².